The van der Waals surface area contributed by atoms with E-state index in [9.17, 15) is 27.2 Å². The molecule has 0 aromatic carbocycles. The molecule has 0 aliphatic heterocycles. The zero-order chi connectivity index (χ0) is 9.94. The topological polar surface area (TPSA) is 43.4 Å². The van der Waals surface area contributed by atoms with Gasteiger partial charge in [-0.05, 0) is 6.92 Å². The van der Waals surface area contributed by atoms with E-state index in [0.29, 0.717) is 6.92 Å². The number of carbonyl (C=O) groups excluding carboxylic acids is 2. The van der Waals surface area contributed by atoms with Crippen molar-refractivity contribution >= 4 is 11.8 Å². The molecule has 0 aliphatic rings. The van der Waals surface area contributed by atoms with Crippen LogP contribution in [0, 0.1) is 0 Å². The van der Waals surface area contributed by atoms with Gasteiger partial charge in [0.25, 0.3) is 6.17 Å². The van der Waals surface area contributed by atoms with Gasteiger partial charge in [0.2, 0.25) is 0 Å². The Morgan fingerprint density at radius 2 is 1.75 bits per heavy atom. The second kappa shape index (κ2) is 3.51. The van der Waals surface area contributed by atoms with E-state index < -0.39 is 24.3 Å². The summed E-state index contributed by atoms with van der Waals surface area (Å²) in [6, 6.07) is 0. The predicted molar refractivity (Wildman–Crippen MR) is 27.7 cm³/mol. The first-order valence-electron chi connectivity index (χ1n) is 2.68. The minimum atomic E-state index is -5.25. The minimum absolute atomic E-state index is 0.641. The SMILES string of the molecule is CC(=O)C(F)C(=O)OC(F)(F)F. The fourth-order valence-corrected chi connectivity index (χ4v) is 0.332. The summed E-state index contributed by atoms with van der Waals surface area (Å²) in [5, 5.41) is 0. The van der Waals surface area contributed by atoms with Crippen LogP contribution in [-0.4, -0.2) is 24.3 Å². The van der Waals surface area contributed by atoms with Gasteiger partial charge in [0.05, 0.1) is 0 Å². The minimum Gasteiger partial charge on any atom is -0.370 e. The summed E-state index contributed by atoms with van der Waals surface area (Å²) in [5.74, 6) is -3.57. The third-order valence-corrected chi connectivity index (χ3v) is 0.780. The van der Waals surface area contributed by atoms with Gasteiger partial charge in [-0.2, -0.15) is 0 Å². The van der Waals surface area contributed by atoms with Crippen LogP contribution in [0.15, 0.2) is 0 Å². The fraction of sp³-hybridized carbons (Fsp3) is 0.600. The number of alkyl halides is 4. The summed E-state index contributed by atoms with van der Waals surface area (Å²) < 4.78 is 48.4. The Kier molecular flexibility index (Phi) is 3.17. The van der Waals surface area contributed by atoms with Crippen LogP contribution in [0.4, 0.5) is 17.6 Å². The number of halogens is 4. The Morgan fingerprint density at radius 3 is 2.00 bits per heavy atom. The standard InChI is InChI=1S/C5H4F4O3/c1-2(10)3(6)4(11)12-5(7,8)9/h3H,1H3. The molecule has 0 aromatic rings. The molecule has 0 N–H and O–H groups in total. The van der Waals surface area contributed by atoms with E-state index in [4.69, 9.17) is 0 Å². The van der Waals surface area contributed by atoms with Gasteiger partial charge in [-0.3, -0.25) is 4.79 Å². The molecule has 0 radical (unpaired) electrons. The predicted octanol–water partition coefficient (Wildman–Crippen LogP) is 0.977. The Balaban J connectivity index is 4.15. The summed E-state index contributed by atoms with van der Waals surface area (Å²) in [6.45, 7) is 0.641. The van der Waals surface area contributed by atoms with Gasteiger partial charge >= 0.3 is 12.3 Å². The zero-order valence-electron chi connectivity index (χ0n) is 5.81. The summed E-state index contributed by atoms with van der Waals surface area (Å²) in [4.78, 5) is 20.1. The van der Waals surface area contributed by atoms with Crippen molar-refractivity contribution in [2.24, 2.45) is 0 Å². The molecule has 0 bridgehead atoms. The number of carbonyl (C=O) groups is 2. The molecule has 0 aromatic heterocycles. The van der Waals surface area contributed by atoms with Gasteiger partial charge < -0.3 is 4.74 Å². The van der Waals surface area contributed by atoms with Crippen molar-refractivity contribution in [2.45, 2.75) is 19.5 Å². The van der Waals surface area contributed by atoms with E-state index in [1.807, 2.05) is 0 Å². The average Bonchev–Trinajstić information content (AvgIpc) is 1.82. The Bertz CT molecular complexity index is 197. The van der Waals surface area contributed by atoms with Crippen molar-refractivity contribution in [1.82, 2.24) is 0 Å². The van der Waals surface area contributed by atoms with E-state index >= 15 is 0 Å². The van der Waals surface area contributed by atoms with E-state index in [0.717, 1.165) is 0 Å². The molecule has 12 heavy (non-hydrogen) atoms. The van der Waals surface area contributed by atoms with Crippen LogP contribution < -0.4 is 0 Å². The first-order chi connectivity index (χ1) is 5.24. The summed E-state index contributed by atoms with van der Waals surface area (Å²) in [5.41, 5.74) is 0. The molecule has 0 saturated carbocycles. The number of ketones is 1. The highest BCUT2D eigenvalue weighted by Gasteiger charge is 2.38. The molecular formula is C5H4F4O3. The van der Waals surface area contributed by atoms with Crippen LogP contribution in [0.25, 0.3) is 0 Å². The Morgan fingerprint density at radius 1 is 1.33 bits per heavy atom. The molecule has 0 aliphatic carbocycles. The number of esters is 1. The third-order valence-electron chi connectivity index (χ3n) is 0.780. The number of ether oxygens (including phenoxy) is 1. The zero-order valence-corrected chi connectivity index (χ0v) is 5.81. The maximum absolute atomic E-state index is 12.1. The van der Waals surface area contributed by atoms with Crippen molar-refractivity contribution in [2.75, 3.05) is 0 Å². The largest absolute Gasteiger partial charge is 0.575 e. The van der Waals surface area contributed by atoms with Crippen LogP contribution in [0.2, 0.25) is 0 Å². The average molecular weight is 188 g/mol. The first-order valence-corrected chi connectivity index (χ1v) is 2.68. The third kappa shape index (κ3) is 3.89. The lowest BCUT2D eigenvalue weighted by Crippen LogP contribution is -2.30. The smallest absolute Gasteiger partial charge is 0.370 e. The molecule has 0 amide bonds. The summed E-state index contributed by atoms with van der Waals surface area (Å²) >= 11 is 0. The number of Topliss-reactive ketones (excluding diaryl/α,β-unsaturated/α-hetero) is 1. The molecule has 0 rings (SSSR count). The quantitative estimate of drug-likeness (QED) is 0.368. The second-order valence-corrected chi connectivity index (χ2v) is 1.84. The van der Waals surface area contributed by atoms with E-state index in [-0.39, 0.29) is 0 Å². The second-order valence-electron chi connectivity index (χ2n) is 1.84. The lowest BCUT2D eigenvalue weighted by molar-refractivity contribution is -0.307. The van der Waals surface area contributed by atoms with Gasteiger partial charge in [-0.25, -0.2) is 9.18 Å². The molecule has 0 fully saturated rings. The van der Waals surface area contributed by atoms with Crippen LogP contribution in [-0.2, 0) is 14.3 Å². The number of hydrogen-bond donors (Lipinski definition) is 0. The van der Waals surface area contributed by atoms with Gasteiger partial charge in [0, 0.05) is 0 Å². The van der Waals surface area contributed by atoms with Crippen molar-refractivity contribution < 1.29 is 31.9 Å². The molecule has 3 nitrogen and oxygen atoms in total. The van der Waals surface area contributed by atoms with Gasteiger partial charge in [0.15, 0.2) is 5.78 Å². The van der Waals surface area contributed by atoms with Gasteiger partial charge in [-0.1, -0.05) is 0 Å². The number of rotatable bonds is 2. The van der Waals surface area contributed by atoms with Crippen LogP contribution in [0.5, 0.6) is 0 Å². The maximum Gasteiger partial charge on any atom is 0.575 e. The van der Waals surface area contributed by atoms with E-state index in [2.05, 4.69) is 4.74 Å². The van der Waals surface area contributed by atoms with Gasteiger partial charge in [0.1, 0.15) is 0 Å². The highest BCUT2D eigenvalue weighted by atomic mass is 19.4. The van der Waals surface area contributed by atoms with E-state index in [1.54, 1.807) is 0 Å². The van der Waals surface area contributed by atoms with Crippen molar-refractivity contribution in [1.29, 1.82) is 0 Å². The number of hydrogen-bond acceptors (Lipinski definition) is 3. The fourth-order valence-electron chi connectivity index (χ4n) is 0.332. The molecular weight excluding hydrogens is 184 g/mol. The monoisotopic (exact) mass is 188 g/mol. The maximum atomic E-state index is 12.1. The van der Waals surface area contributed by atoms with Crippen LogP contribution in [0.3, 0.4) is 0 Å². The Hall–Kier alpha value is -1.14. The molecule has 70 valence electrons. The normalized spacial score (nSPS) is 13.8. The van der Waals surface area contributed by atoms with Crippen molar-refractivity contribution in [3.63, 3.8) is 0 Å². The molecule has 1 unspecified atom stereocenters. The lowest BCUT2D eigenvalue weighted by Gasteiger charge is -2.07. The molecule has 0 spiro atoms. The highest BCUT2D eigenvalue weighted by Crippen LogP contribution is 2.17. The highest BCUT2D eigenvalue weighted by molar-refractivity contribution is 6.00. The molecule has 0 heterocycles. The molecule has 0 saturated heterocycles. The van der Waals surface area contributed by atoms with Crippen LogP contribution in [0.1, 0.15) is 6.92 Å². The first kappa shape index (κ1) is 10.9. The van der Waals surface area contributed by atoms with Gasteiger partial charge in [-0.15, -0.1) is 13.2 Å². The van der Waals surface area contributed by atoms with E-state index in [1.165, 1.54) is 0 Å². The van der Waals surface area contributed by atoms with Crippen molar-refractivity contribution in [3.05, 3.63) is 0 Å². The summed E-state index contributed by atoms with van der Waals surface area (Å²) in [6.07, 6.45) is -8.12. The molecule has 7 heteroatoms. The summed E-state index contributed by atoms with van der Waals surface area (Å²) in [7, 11) is 0. The molecule has 1 atom stereocenters. The van der Waals surface area contributed by atoms with Crippen molar-refractivity contribution in [3.8, 4) is 0 Å². The Labute approximate surface area is 64.3 Å². The lowest BCUT2D eigenvalue weighted by atomic mass is 10.3. The van der Waals surface area contributed by atoms with Crippen LogP contribution >= 0.6 is 0 Å².